The van der Waals surface area contributed by atoms with Crippen LogP contribution in [-0.2, 0) is 4.79 Å². The molecule has 1 amide bonds. The average Bonchev–Trinajstić information content (AvgIpc) is 3.09. The molecule has 1 aliphatic carbocycles. The first kappa shape index (κ1) is 12.7. The van der Waals surface area contributed by atoms with Gasteiger partial charge in [0.25, 0.3) is 0 Å². The smallest absolute Gasteiger partial charge is 0.223 e. The summed E-state index contributed by atoms with van der Waals surface area (Å²) >= 11 is 5.98. The summed E-state index contributed by atoms with van der Waals surface area (Å²) in [7, 11) is 0. The molecular weight excluding hydrogens is 236 g/mol. The van der Waals surface area contributed by atoms with Crippen LogP contribution in [0.15, 0.2) is 11.2 Å². The van der Waals surface area contributed by atoms with Gasteiger partial charge in [0.2, 0.25) is 5.91 Å². The van der Waals surface area contributed by atoms with E-state index in [-0.39, 0.29) is 0 Å². The Bertz CT molecular complexity index is 313. The van der Waals surface area contributed by atoms with E-state index in [1.165, 1.54) is 12.8 Å². The van der Waals surface area contributed by atoms with Gasteiger partial charge in [0.15, 0.2) is 0 Å². The Kier molecular flexibility index (Phi) is 4.32. The van der Waals surface area contributed by atoms with E-state index in [9.17, 15) is 4.79 Å². The van der Waals surface area contributed by atoms with Crippen molar-refractivity contribution < 1.29 is 4.79 Å². The van der Waals surface area contributed by atoms with Crippen LogP contribution in [0.1, 0.15) is 39.0 Å². The van der Waals surface area contributed by atoms with Crippen molar-refractivity contribution in [2.24, 2.45) is 5.92 Å². The monoisotopic (exact) mass is 256 g/mol. The number of rotatable bonds is 5. The van der Waals surface area contributed by atoms with Gasteiger partial charge in [-0.1, -0.05) is 18.5 Å². The van der Waals surface area contributed by atoms with Crippen molar-refractivity contribution in [1.29, 1.82) is 0 Å². The van der Waals surface area contributed by atoms with Crippen LogP contribution in [0, 0.1) is 5.92 Å². The van der Waals surface area contributed by atoms with Crippen LogP contribution in [0.5, 0.6) is 0 Å². The summed E-state index contributed by atoms with van der Waals surface area (Å²) < 4.78 is 0. The second-order valence-electron chi connectivity index (χ2n) is 5.09. The summed E-state index contributed by atoms with van der Waals surface area (Å²) in [6, 6.07) is 0.532. The lowest BCUT2D eigenvalue weighted by atomic mass is 9.98. The highest BCUT2D eigenvalue weighted by molar-refractivity contribution is 6.29. The van der Waals surface area contributed by atoms with E-state index in [4.69, 9.17) is 11.6 Å². The van der Waals surface area contributed by atoms with Crippen LogP contribution in [0.2, 0.25) is 0 Å². The van der Waals surface area contributed by atoms with Crippen molar-refractivity contribution >= 4 is 17.5 Å². The quantitative estimate of drug-likeness (QED) is 0.820. The van der Waals surface area contributed by atoms with Gasteiger partial charge < -0.3 is 10.2 Å². The molecule has 0 aromatic carbocycles. The van der Waals surface area contributed by atoms with Gasteiger partial charge in [0.05, 0.1) is 0 Å². The Morgan fingerprint density at radius 3 is 2.94 bits per heavy atom. The minimum atomic E-state index is 0.313. The van der Waals surface area contributed by atoms with Gasteiger partial charge >= 0.3 is 0 Å². The lowest BCUT2D eigenvalue weighted by molar-refractivity contribution is -0.132. The molecule has 96 valence electrons. The molecule has 0 aromatic rings. The molecule has 17 heavy (non-hydrogen) atoms. The highest BCUT2D eigenvalue weighted by Gasteiger charge is 2.32. The highest BCUT2D eigenvalue weighted by Crippen LogP contribution is 2.29. The van der Waals surface area contributed by atoms with Crippen LogP contribution in [-0.4, -0.2) is 29.9 Å². The van der Waals surface area contributed by atoms with Gasteiger partial charge in [0, 0.05) is 36.8 Å². The van der Waals surface area contributed by atoms with Crippen molar-refractivity contribution in [2.75, 3.05) is 13.1 Å². The molecule has 2 rings (SSSR count). The van der Waals surface area contributed by atoms with E-state index >= 15 is 0 Å². The average molecular weight is 257 g/mol. The van der Waals surface area contributed by atoms with E-state index in [2.05, 4.69) is 17.1 Å². The predicted molar refractivity (Wildman–Crippen MR) is 69.7 cm³/mol. The van der Waals surface area contributed by atoms with Crippen LogP contribution < -0.4 is 5.32 Å². The highest BCUT2D eigenvalue weighted by atomic mass is 35.5. The number of carbonyl (C=O) groups excluding carboxylic acids is 1. The Morgan fingerprint density at radius 1 is 1.59 bits per heavy atom. The van der Waals surface area contributed by atoms with Crippen molar-refractivity contribution in [3.8, 4) is 0 Å². The zero-order chi connectivity index (χ0) is 12.3. The van der Waals surface area contributed by atoms with Gasteiger partial charge in [0.1, 0.15) is 0 Å². The molecule has 3 nitrogen and oxygen atoms in total. The first-order valence-corrected chi connectivity index (χ1v) is 6.96. The summed E-state index contributed by atoms with van der Waals surface area (Å²) in [5, 5.41) is 3.98. The van der Waals surface area contributed by atoms with Crippen LogP contribution in [0.3, 0.4) is 0 Å². The summed E-state index contributed by atoms with van der Waals surface area (Å²) in [5.41, 5.74) is 0. The Labute approximate surface area is 108 Å². The number of carbonyl (C=O) groups is 1. The maximum Gasteiger partial charge on any atom is 0.223 e. The fourth-order valence-corrected chi connectivity index (χ4v) is 2.69. The number of nitrogens with one attached hydrogen (secondary N) is 1. The topological polar surface area (TPSA) is 32.3 Å². The molecular formula is C13H21ClN2O. The van der Waals surface area contributed by atoms with Crippen LogP contribution in [0.25, 0.3) is 0 Å². The Morgan fingerprint density at radius 2 is 2.35 bits per heavy atom. The van der Waals surface area contributed by atoms with Crippen molar-refractivity contribution in [2.45, 2.75) is 45.1 Å². The Hall–Kier alpha value is -0.700. The molecule has 0 aromatic heterocycles. The lowest BCUT2D eigenvalue weighted by Gasteiger charge is -2.26. The maximum absolute atomic E-state index is 12.2. The van der Waals surface area contributed by atoms with E-state index in [1.807, 2.05) is 6.20 Å². The molecule has 4 heteroatoms. The van der Waals surface area contributed by atoms with E-state index in [1.54, 1.807) is 0 Å². The van der Waals surface area contributed by atoms with Gasteiger partial charge in [-0.05, 0) is 31.6 Å². The standard InChI is InChI=1S/C13H21ClN2O/c1-2-5-16(12-3-4-12)13(17)7-10-6-11(14)9-15-8-10/h9-10,12,15H,2-8H2,1H3. The molecule has 0 saturated heterocycles. The summed E-state index contributed by atoms with van der Waals surface area (Å²) in [4.78, 5) is 14.3. The zero-order valence-electron chi connectivity index (χ0n) is 10.4. The van der Waals surface area contributed by atoms with E-state index in [0.717, 1.165) is 31.0 Å². The number of halogens is 1. The Balaban J connectivity index is 1.84. The first-order chi connectivity index (χ1) is 8.20. The lowest BCUT2D eigenvalue weighted by Crippen LogP contribution is -2.36. The van der Waals surface area contributed by atoms with Crippen molar-refractivity contribution in [3.63, 3.8) is 0 Å². The SMILES string of the molecule is CCCN(C(=O)CC1CNC=C(Cl)C1)C1CC1. The van der Waals surface area contributed by atoms with Gasteiger partial charge in [-0.3, -0.25) is 4.79 Å². The molecule has 0 radical (unpaired) electrons. The fraction of sp³-hybridized carbons (Fsp3) is 0.769. The minimum absolute atomic E-state index is 0.313. The van der Waals surface area contributed by atoms with E-state index < -0.39 is 0 Å². The molecule has 1 atom stereocenters. The number of hydrogen-bond acceptors (Lipinski definition) is 2. The second kappa shape index (κ2) is 5.76. The normalized spacial score (nSPS) is 23.9. The largest absolute Gasteiger partial charge is 0.390 e. The molecule has 1 unspecified atom stereocenters. The minimum Gasteiger partial charge on any atom is -0.390 e. The van der Waals surface area contributed by atoms with Crippen molar-refractivity contribution in [3.05, 3.63) is 11.2 Å². The zero-order valence-corrected chi connectivity index (χ0v) is 11.2. The van der Waals surface area contributed by atoms with Crippen molar-refractivity contribution in [1.82, 2.24) is 10.2 Å². The van der Waals surface area contributed by atoms with Crippen LogP contribution in [0.4, 0.5) is 0 Å². The molecule has 2 aliphatic rings. The number of allylic oxidation sites excluding steroid dienone is 1. The summed E-state index contributed by atoms with van der Waals surface area (Å²) in [5.74, 6) is 0.672. The second-order valence-corrected chi connectivity index (χ2v) is 5.58. The fourth-order valence-electron chi connectivity index (χ4n) is 2.39. The molecule has 1 aliphatic heterocycles. The molecule has 0 bridgehead atoms. The van der Waals surface area contributed by atoms with Crippen LogP contribution >= 0.6 is 11.6 Å². The number of amides is 1. The van der Waals surface area contributed by atoms with E-state index in [0.29, 0.717) is 24.3 Å². The summed E-state index contributed by atoms with van der Waals surface area (Å²) in [6.07, 6.45) is 6.74. The molecule has 1 saturated carbocycles. The maximum atomic E-state index is 12.2. The third-order valence-corrected chi connectivity index (χ3v) is 3.65. The molecule has 0 spiro atoms. The number of hydrogen-bond donors (Lipinski definition) is 1. The van der Waals surface area contributed by atoms with Gasteiger partial charge in [-0.25, -0.2) is 0 Å². The van der Waals surface area contributed by atoms with Gasteiger partial charge in [-0.2, -0.15) is 0 Å². The van der Waals surface area contributed by atoms with Gasteiger partial charge in [-0.15, -0.1) is 0 Å². The third kappa shape index (κ3) is 3.63. The molecule has 1 heterocycles. The predicted octanol–water partition coefficient (Wildman–Crippen LogP) is 2.47. The third-order valence-electron chi connectivity index (χ3n) is 3.38. The molecule has 1 fully saturated rings. The first-order valence-electron chi connectivity index (χ1n) is 6.58. The molecule has 1 N–H and O–H groups in total. The summed E-state index contributed by atoms with van der Waals surface area (Å²) in [6.45, 7) is 3.91. The number of nitrogens with zero attached hydrogens (tertiary/aromatic N) is 1.